The van der Waals surface area contributed by atoms with Crippen molar-refractivity contribution in [2.45, 2.75) is 53.6 Å². The Balaban J connectivity index is 5.71. The van der Waals surface area contributed by atoms with Gasteiger partial charge in [0, 0.05) is 18.9 Å². The third-order valence-electron chi connectivity index (χ3n) is 2.86. The third kappa shape index (κ3) is 3.89. The molecule has 0 saturated heterocycles. The van der Waals surface area contributed by atoms with E-state index < -0.39 is 17.1 Å². The maximum atomic E-state index is 12.2. The van der Waals surface area contributed by atoms with Crippen molar-refractivity contribution >= 4 is 12.0 Å². The van der Waals surface area contributed by atoms with Gasteiger partial charge in [0.1, 0.15) is 0 Å². The first kappa shape index (κ1) is 16.7. The largest absolute Gasteiger partial charge is 0.432 e. The highest BCUT2D eigenvalue weighted by Gasteiger charge is 2.53. The van der Waals surface area contributed by atoms with Crippen molar-refractivity contribution in [3.05, 3.63) is 0 Å². The molecule has 5 nitrogen and oxygen atoms in total. The zero-order valence-corrected chi connectivity index (χ0v) is 12.5. The molecule has 2 amide bonds. The smallest absolute Gasteiger partial charge is 0.405 e. The second-order valence-corrected chi connectivity index (χ2v) is 6.81. The number of ether oxygens (including phenoxy) is 1. The number of carbonyl (C=O) groups excluding carboxylic acids is 2. The summed E-state index contributed by atoms with van der Waals surface area (Å²) in [6, 6.07) is 0. The van der Waals surface area contributed by atoms with E-state index in [1.165, 1.54) is 7.05 Å². The number of primary amides is 1. The van der Waals surface area contributed by atoms with Crippen LogP contribution in [0.15, 0.2) is 0 Å². The average molecular weight is 258 g/mol. The Labute approximate surface area is 109 Å². The Bertz CT molecular complexity index is 326. The van der Waals surface area contributed by atoms with E-state index in [9.17, 15) is 9.59 Å². The van der Waals surface area contributed by atoms with E-state index >= 15 is 0 Å². The molecule has 0 aliphatic heterocycles. The highest BCUT2D eigenvalue weighted by molar-refractivity contribution is 5.88. The van der Waals surface area contributed by atoms with E-state index in [1.54, 1.807) is 0 Å². The van der Waals surface area contributed by atoms with E-state index in [0.717, 1.165) is 0 Å². The van der Waals surface area contributed by atoms with Crippen LogP contribution in [0.3, 0.4) is 0 Å². The predicted octanol–water partition coefficient (Wildman–Crippen LogP) is 2.05. The van der Waals surface area contributed by atoms with Crippen LogP contribution in [0.1, 0.15) is 48.0 Å². The summed E-state index contributed by atoms with van der Waals surface area (Å²) in [6.45, 7) is 11.5. The molecule has 0 saturated carbocycles. The van der Waals surface area contributed by atoms with Gasteiger partial charge < -0.3 is 15.8 Å². The molecule has 0 fully saturated rings. The Morgan fingerprint density at radius 3 is 1.78 bits per heavy atom. The summed E-state index contributed by atoms with van der Waals surface area (Å²) in [5.74, 6) is -0.330. The highest BCUT2D eigenvalue weighted by atomic mass is 16.6. The molecule has 106 valence electrons. The number of amides is 2. The molecule has 0 aromatic carbocycles. The van der Waals surface area contributed by atoms with E-state index in [0.29, 0.717) is 6.42 Å². The number of nitrogens with one attached hydrogen (secondary N) is 1. The van der Waals surface area contributed by atoms with Gasteiger partial charge in [-0.15, -0.1) is 0 Å². The normalized spacial score (nSPS) is 15.7. The van der Waals surface area contributed by atoms with Crippen LogP contribution in [0.4, 0.5) is 4.79 Å². The third-order valence-corrected chi connectivity index (χ3v) is 2.86. The first-order chi connectivity index (χ1) is 7.85. The van der Waals surface area contributed by atoms with Crippen LogP contribution in [-0.2, 0) is 9.53 Å². The minimum atomic E-state index is -1.27. The first-order valence-corrected chi connectivity index (χ1v) is 6.06. The number of hydrogen-bond donors (Lipinski definition) is 2. The number of rotatable bonds is 3. The molecule has 0 radical (unpaired) electrons. The fraction of sp³-hybridized carbons (Fsp3) is 0.846. The van der Waals surface area contributed by atoms with E-state index in [4.69, 9.17) is 10.5 Å². The summed E-state index contributed by atoms with van der Waals surface area (Å²) < 4.78 is 5.26. The maximum absolute atomic E-state index is 12.2. The average Bonchev–Trinajstić information content (AvgIpc) is 2.10. The highest BCUT2D eigenvalue weighted by Crippen LogP contribution is 2.42. The van der Waals surface area contributed by atoms with Gasteiger partial charge in [-0.2, -0.15) is 0 Å². The Morgan fingerprint density at radius 2 is 1.56 bits per heavy atom. The molecule has 0 spiro atoms. The zero-order chi connectivity index (χ0) is 14.8. The van der Waals surface area contributed by atoms with E-state index in [2.05, 4.69) is 5.32 Å². The van der Waals surface area contributed by atoms with Crippen LogP contribution >= 0.6 is 0 Å². The lowest BCUT2D eigenvalue weighted by molar-refractivity contribution is -0.157. The van der Waals surface area contributed by atoms with Gasteiger partial charge in [-0.1, -0.05) is 41.5 Å². The Kier molecular flexibility index (Phi) is 4.80. The molecule has 0 bridgehead atoms. The van der Waals surface area contributed by atoms with Crippen molar-refractivity contribution in [3.8, 4) is 0 Å². The summed E-state index contributed by atoms with van der Waals surface area (Å²) in [5.41, 5.74) is 3.13. The second kappa shape index (κ2) is 5.16. The minimum absolute atomic E-state index is 0.185. The monoisotopic (exact) mass is 258 g/mol. The van der Waals surface area contributed by atoms with Crippen LogP contribution in [0.25, 0.3) is 0 Å². The fourth-order valence-corrected chi connectivity index (χ4v) is 2.04. The van der Waals surface area contributed by atoms with Gasteiger partial charge in [-0.05, 0) is 5.41 Å². The van der Waals surface area contributed by atoms with Crippen LogP contribution in [0, 0.1) is 10.8 Å². The van der Waals surface area contributed by atoms with Gasteiger partial charge in [0.15, 0.2) is 5.60 Å². The summed E-state index contributed by atoms with van der Waals surface area (Å²) in [5, 5.41) is 2.57. The predicted molar refractivity (Wildman–Crippen MR) is 71.0 cm³/mol. The summed E-state index contributed by atoms with van der Waals surface area (Å²) in [7, 11) is 1.52. The molecule has 18 heavy (non-hydrogen) atoms. The lowest BCUT2D eigenvalue weighted by atomic mass is 9.67. The van der Waals surface area contributed by atoms with Gasteiger partial charge in [0.2, 0.25) is 0 Å². The standard InChI is InChI=1S/C13H26N2O3/c1-11(2,3)8-13(9(16)15-7,12(4,5)6)18-10(14)17/h8H2,1-7H3,(H2,14,17)(H,15,16)/t13-/m1/s1. The lowest BCUT2D eigenvalue weighted by Crippen LogP contribution is -2.59. The van der Waals surface area contributed by atoms with Gasteiger partial charge in [-0.25, -0.2) is 4.79 Å². The first-order valence-electron chi connectivity index (χ1n) is 6.06. The summed E-state index contributed by atoms with van der Waals surface area (Å²) >= 11 is 0. The SMILES string of the molecule is CNC(=O)[C@@](CC(C)(C)C)(OC(N)=O)C(C)(C)C. The molecule has 0 aliphatic rings. The molecular formula is C13H26N2O3. The van der Waals surface area contributed by atoms with Crippen LogP contribution < -0.4 is 11.1 Å². The van der Waals surface area contributed by atoms with Crippen LogP contribution in [-0.4, -0.2) is 24.6 Å². The van der Waals surface area contributed by atoms with Gasteiger partial charge in [-0.3, -0.25) is 4.79 Å². The van der Waals surface area contributed by atoms with Gasteiger partial charge >= 0.3 is 6.09 Å². The molecule has 0 rings (SSSR count). The summed E-state index contributed by atoms with van der Waals surface area (Å²) in [6.07, 6.45) is -0.538. The van der Waals surface area contributed by atoms with Crippen molar-refractivity contribution in [1.29, 1.82) is 0 Å². The molecular weight excluding hydrogens is 232 g/mol. The number of likely N-dealkylation sites (N-methyl/N-ethyl adjacent to an activating group) is 1. The van der Waals surface area contributed by atoms with Crippen molar-refractivity contribution in [3.63, 3.8) is 0 Å². The molecule has 0 aliphatic carbocycles. The van der Waals surface area contributed by atoms with Crippen LogP contribution in [0.2, 0.25) is 0 Å². The van der Waals surface area contributed by atoms with Crippen molar-refractivity contribution < 1.29 is 14.3 Å². The van der Waals surface area contributed by atoms with Gasteiger partial charge in [0.25, 0.3) is 5.91 Å². The minimum Gasteiger partial charge on any atom is -0.432 e. The van der Waals surface area contributed by atoms with Crippen molar-refractivity contribution in [2.75, 3.05) is 7.05 Å². The van der Waals surface area contributed by atoms with E-state index in [-0.39, 0.29) is 11.3 Å². The van der Waals surface area contributed by atoms with Crippen molar-refractivity contribution in [1.82, 2.24) is 5.32 Å². The Morgan fingerprint density at radius 1 is 1.11 bits per heavy atom. The van der Waals surface area contributed by atoms with E-state index in [1.807, 2.05) is 41.5 Å². The number of nitrogens with two attached hydrogens (primary N) is 1. The maximum Gasteiger partial charge on any atom is 0.405 e. The number of carbonyl (C=O) groups is 2. The second-order valence-electron chi connectivity index (χ2n) is 6.81. The summed E-state index contributed by atoms with van der Waals surface area (Å²) in [4.78, 5) is 23.4. The molecule has 0 heterocycles. The molecule has 0 unspecified atom stereocenters. The van der Waals surface area contributed by atoms with Crippen LogP contribution in [0.5, 0.6) is 0 Å². The van der Waals surface area contributed by atoms with Gasteiger partial charge in [0.05, 0.1) is 0 Å². The molecule has 5 heteroatoms. The molecule has 3 N–H and O–H groups in total. The van der Waals surface area contributed by atoms with Crippen molar-refractivity contribution in [2.24, 2.45) is 16.6 Å². The fourth-order valence-electron chi connectivity index (χ4n) is 2.04. The molecule has 0 aromatic rings. The number of hydrogen-bond acceptors (Lipinski definition) is 3. The molecule has 1 atom stereocenters. The zero-order valence-electron chi connectivity index (χ0n) is 12.5. The topological polar surface area (TPSA) is 81.4 Å². The quantitative estimate of drug-likeness (QED) is 0.812. The Hall–Kier alpha value is -1.26. The lowest BCUT2D eigenvalue weighted by Gasteiger charge is -2.44. The molecule has 0 aromatic heterocycles.